The zero-order valence-corrected chi connectivity index (χ0v) is 26.8. The van der Waals surface area contributed by atoms with Gasteiger partial charge < -0.3 is 14.2 Å². The lowest BCUT2D eigenvalue weighted by molar-refractivity contribution is -0.351. The number of fused-ring (bicyclic) bond motifs is 9. The fraction of sp³-hybridized carbons (Fsp3) is 0.889. The predicted molar refractivity (Wildman–Crippen MR) is 159 cm³/mol. The Kier molecular flexibility index (Phi) is 6.35. The summed E-state index contributed by atoms with van der Waals surface area (Å²) in [6.07, 6.45) is 16.8. The van der Waals surface area contributed by atoms with Gasteiger partial charge in [-0.25, -0.2) is 0 Å². The topological polar surface area (TPSA) is 27.7 Å². The number of hydrogen-bond acceptors (Lipinski definition) is 3. The molecular formula is C36H58O3. The van der Waals surface area contributed by atoms with Crippen LogP contribution >= 0.6 is 0 Å². The van der Waals surface area contributed by atoms with E-state index in [0.29, 0.717) is 46.9 Å². The summed E-state index contributed by atoms with van der Waals surface area (Å²) in [6.45, 7) is 27.8. The molecule has 0 aromatic rings. The summed E-state index contributed by atoms with van der Waals surface area (Å²) < 4.78 is 19.6. The third-order valence-electron chi connectivity index (χ3n) is 14.4. The van der Waals surface area contributed by atoms with E-state index in [1.54, 1.807) is 0 Å². The molecule has 0 aromatic heterocycles. The number of allylic oxidation sites excluding steroid dienone is 2. The highest BCUT2D eigenvalue weighted by Gasteiger charge is 2.70. The van der Waals surface area contributed by atoms with Crippen molar-refractivity contribution in [3.05, 3.63) is 24.3 Å². The van der Waals surface area contributed by atoms with Gasteiger partial charge >= 0.3 is 0 Å². The molecule has 3 nitrogen and oxygen atoms in total. The van der Waals surface area contributed by atoms with E-state index in [0.717, 1.165) is 18.9 Å². The van der Waals surface area contributed by atoms with Crippen LogP contribution in [0.3, 0.4) is 0 Å². The zero-order valence-electron chi connectivity index (χ0n) is 26.8. The molecule has 1 aliphatic heterocycles. The Morgan fingerprint density at radius 2 is 1.62 bits per heavy atom. The van der Waals surface area contributed by atoms with Crippen LogP contribution in [0.15, 0.2) is 24.3 Å². The van der Waals surface area contributed by atoms with Gasteiger partial charge in [-0.15, -0.1) is 6.58 Å². The van der Waals surface area contributed by atoms with Crippen molar-refractivity contribution >= 4 is 0 Å². The summed E-state index contributed by atoms with van der Waals surface area (Å²) >= 11 is 0. The molecule has 4 saturated carbocycles. The molecule has 0 N–H and O–H groups in total. The smallest absolute Gasteiger partial charge is 0.163 e. The molecule has 5 aliphatic carbocycles. The molecule has 1 saturated heterocycles. The Morgan fingerprint density at radius 3 is 2.33 bits per heavy atom. The summed E-state index contributed by atoms with van der Waals surface area (Å²) in [5.74, 6) is 1.55. The van der Waals surface area contributed by atoms with Crippen LogP contribution in [0.25, 0.3) is 0 Å². The monoisotopic (exact) mass is 538 g/mol. The average molecular weight is 539 g/mol. The Balaban J connectivity index is 1.37. The molecule has 6 aliphatic rings. The third kappa shape index (κ3) is 3.84. The quantitative estimate of drug-likeness (QED) is 0.335. The summed E-state index contributed by atoms with van der Waals surface area (Å²) in [5.41, 5.74) is 3.39. The summed E-state index contributed by atoms with van der Waals surface area (Å²) in [4.78, 5) is 0. The van der Waals surface area contributed by atoms with Gasteiger partial charge in [-0.1, -0.05) is 66.2 Å². The molecule has 10 atom stereocenters. The second-order valence-corrected chi connectivity index (χ2v) is 17.4. The average Bonchev–Trinajstić information content (AvgIpc) is 2.84. The van der Waals surface area contributed by atoms with E-state index in [4.69, 9.17) is 14.2 Å². The first-order chi connectivity index (χ1) is 18.0. The minimum atomic E-state index is -0.452. The van der Waals surface area contributed by atoms with Crippen molar-refractivity contribution in [2.45, 2.75) is 138 Å². The van der Waals surface area contributed by atoms with Gasteiger partial charge in [-0.05, 0) is 111 Å². The Hall–Kier alpha value is -0.640. The van der Waals surface area contributed by atoms with Crippen molar-refractivity contribution < 1.29 is 14.2 Å². The lowest BCUT2D eigenvalue weighted by Crippen LogP contribution is -2.68. The van der Waals surface area contributed by atoms with Gasteiger partial charge in [0.25, 0.3) is 0 Å². The van der Waals surface area contributed by atoms with E-state index in [9.17, 15) is 0 Å². The van der Waals surface area contributed by atoms with Gasteiger partial charge in [-0.2, -0.15) is 0 Å². The van der Waals surface area contributed by atoms with E-state index in [1.165, 1.54) is 51.4 Å². The van der Waals surface area contributed by atoms with Crippen molar-refractivity contribution in [1.82, 2.24) is 0 Å². The van der Waals surface area contributed by atoms with E-state index < -0.39 is 5.79 Å². The fourth-order valence-electron chi connectivity index (χ4n) is 12.0. The molecule has 0 aromatic carbocycles. The number of hydrogen-bond donors (Lipinski definition) is 0. The van der Waals surface area contributed by atoms with Crippen LogP contribution in [0.5, 0.6) is 0 Å². The van der Waals surface area contributed by atoms with E-state index in [1.807, 2.05) is 11.6 Å². The molecule has 5 fully saturated rings. The summed E-state index contributed by atoms with van der Waals surface area (Å²) in [6, 6.07) is 0. The van der Waals surface area contributed by atoms with Crippen LogP contribution in [-0.4, -0.2) is 31.2 Å². The highest BCUT2D eigenvalue weighted by atomic mass is 16.7. The first kappa shape index (κ1) is 28.5. The van der Waals surface area contributed by atoms with Crippen molar-refractivity contribution in [3.63, 3.8) is 0 Å². The van der Waals surface area contributed by atoms with Gasteiger partial charge in [0.1, 0.15) is 0 Å². The largest absolute Gasteiger partial charge is 0.374 e. The maximum Gasteiger partial charge on any atom is 0.163 e. The Labute approximate surface area is 239 Å². The molecule has 3 unspecified atom stereocenters. The van der Waals surface area contributed by atoms with Crippen LogP contribution in [-0.2, 0) is 14.2 Å². The van der Waals surface area contributed by atoms with Crippen molar-refractivity contribution in [3.8, 4) is 0 Å². The molecule has 0 bridgehead atoms. The Morgan fingerprint density at radius 1 is 0.872 bits per heavy atom. The van der Waals surface area contributed by atoms with Gasteiger partial charge in [0.05, 0.1) is 25.4 Å². The second-order valence-electron chi connectivity index (χ2n) is 17.4. The molecule has 3 heteroatoms. The van der Waals surface area contributed by atoms with E-state index in [-0.39, 0.29) is 16.2 Å². The predicted octanol–water partition coefficient (Wildman–Crippen LogP) is 9.12. The minimum absolute atomic E-state index is 0.114. The van der Waals surface area contributed by atoms with Crippen LogP contribution in [0, 0.1) is 50.2 Å². The molecule has 1 heterocycles. The van der Waals surface area contributed by atoms with Gasteiger partial charge in [0.15, 0.2) is 5.79 Å². The second kappa shape index (κ2) is 8.70. The first-order valence-corrected chi connectivity index (χ1v) is 16.3. The van der Waals surface area contributed by atoms with Gasteiger partial charge in [-0.3, -0.25) is 0 Å². The van der Waals surface area contributed by atoms with Gasteiger partial charge in [0.2, 0.25) is 0 Å². The van der Waals surface area contributed by atoms with Gasteiger partial charge in [0, 0.05) is 10.8 Å². The van der Waals surface area contributed by atoms with Crippen molar-refractivity contribution in [2.24, 2.45) is 50.2 Å². The molecule has 0 radical (unpaired) electrons. The summed E-state index contributed by atoms with van der Waals surface area (Å²) in [5, 5.41) is 0. The third-order valence-corrected chi connectivity index (χ3v) is 14.4. The lowest BCUT2D eigenvalue weighted by atomic mass is 9.33. The number of rotatable bonds is 3. The highest BCUT2D eigenvalue weighted by molar-refractivity contribution is 5.34. The maximum absolute atomic E-state index is 6.62. The summed E-state index contributed by atoms with van der Waals surface area (Å²) in [7, 11) is 0. The molecule has 39 heavy (non-hydrogen) atoms. The molecule has 220 valence electrons. The fourth-order valence-corrected chi connectivity index (χ4v) is 12.0. The van der Waals surface area contributed by atoms with Crippen molar-refractivity contribution in [2.75, 3.05) is 13.2 Å². The standard InChI is InChI=1S/C36H58O3/c1-11-20-37-29-22-30(2,3)21-25-24-12-13-27-33(7)16-15-28-34(8,23-38-31(4,5)39-28)26(33)14-17-36(27,10)35(24,9)19-18-32(25,29)6/h11-12,25-29H,1,13-23H2,2-10H3/t25-,26?,27-,28?,29-,32-,33+,34?,35-,36-/m1/s1. The molecule has 0 spiro atoms. The number of ether oxygens (including phenoxy) is 3. The van der Waals surface area contributed by atoms with Crippen LogP contribution in [0.1, 0.15) is 120 Å². The lowest BCUT2D eigenvalue weighted by Gasteiger charge is -2.72. The normalized spacial score (nSPS) is 53.7. The molecule has 6 rings (SSSR count). The van der Waals surface area contributed by atoms with E-state index in [2.05, 4.69) is 75.0 Å². The first-order valence-electron chi connectivity index (χ1n) is 16.3. The Bertz CT molecular complexity index is 1040. The molecular weight excluding hydrogens is 480 g/mol. The maximum atomic E-state index is 6.62. The van der Waals surface area contributed by atoms with Crippen molar-refractivity contribution in [1.29, 1.82) is 0 Å². The zero-order chi connectivity index (χ0) is 28.3. The minimum Gasteiger partial charge on any atom is -0.374 e. The SMILES string of the molecule is C=CCO[C@@H]1CC(C)(C)C[C@@H]2C3=CC[C@@H]4[C@@]5(C)CCC6OC(C)(C)OCC6(C)C5CC[C@@]4(C)[C@]3(C)CC[C@]21C. The van der Waals surface area contributed by atoms with Crippen LogP contribution < -0.4 is 0 Å². The molecule has 0 amide bonds. The highest BCUT2D eigenvalue weighted by Crippen LogP contribution is 2.76. The van der Waals surface area contributed by atoms with Crippen LogP contribution in [0.2, 0.25) is 0 Å². The van der Waals surface area contributed by atoms with E-state index >= 15 is 0 Å². The van der Waals surface area contributed by atoms with Crippen LogP contribution in [0.4, 0.5) is 0 Å².